The van der Waals surface area contributed by atoms with Crippen LogP contribution in [0, 0.1) is 17.2 Å². The number of nitrogens with zero attached hydrogens (tertiary/aromatic N) is 2. The molecule has 1 saturated heterocycles. The zero-order valence-corrected chi connectivity index (χ0v) is 17.6. The molecule has 1 aliphatic heterocycles. The maximum atomic E-state index is 12.7. The standard InChI is InChI=1S/C21H20F3N3O4S/c22-21(23,24)14-31-19-7-6-17(12-16(19)13-25)26-20(28)15-8-10-27(11-9-15)32(29,30)18-4-2-1-3-5-18/h1-7,12,15H,8-11,14H2,(H,26,28). The molecule has 0 aliphatic carbocycles. The summed E-state index contributed by atoms with van der Waals surface area (Å²) >= 11 is 0. The summed E-state index contributed by atoms with van der Waals surface area (Å²) in [4.78, 5) is 12.8. The van der Waals surface area contributed by atoms with Crippen molar-refractivity contribution in [3.8, 4) is 11.8 Å². The SMILES string of the molecule is N#Cc1cc(NC(=O)C2CCN(S(=O)(=O)c3ccccc3)CC2)ccc1OCC(F)(F)F. The van der Waals surface area contributed by atoms with E-state index in [0.717, 1.165) is 0 Å². The zero-order valence-electron chi connectivity index (χ0n) is 16.8. The fourth-order valence-corrected chi connectivity index (χ4v) is 4.82. The number of alkyl halides is 3. The fraction of sp³-hybridized carbons (Fsp3) is 0.333. The number of rotatable bonds is 6. The van der Waals surface area contributed by atoms with Crippen LogP contribution in [0.15, 0.2) is 53.4 Å². The first-order chi connectivity index (χ1) is 15.1. The van der Waals surface area contributed by atoms with Crippen LogP contribution in [0.1, 0.15) is 18.4 Å². The number of nitrogens with one attached hydrogen (secondary N) is 1. The summed E-state index contributed by atoms with van der Waals surface area (Å²) in [5, 5.41) is 11.8. The molecule has 1 amide bonds. The van der Waals surface area contributed by atoms with E-state index in [2.05, 4.69) is 10.1 Å². The van der Waals surface area contributed by atoms with E-state index < -0.39 is 28.7 Å². The van der Waals surface area contributed by atoms with Gasteiger partial charge in [-0.25, -0.2) is 8.42 Å². The van der Waals surface area contributed by atoms with Crippen LogP contribution in [-0.4, -0.2) is 44.5 Å². The molecule has 1 fully saturated rings. The summed E-state index contributed by atoms with van der Waals surface area (Å²) in [7, 11) is -3.63. The molecule has 0 aromatic heterocycles. The Labute approximate surface area is 183 Å². The number of sulfonamides is 1. The number of benzene rings is 2. The molecular weight excluding hydrogens is 447 g/mol. The van der Waals surface area contributed by atoms with Gasteiger partial charge in [-0.15, -0.1) is 0 Å². The van der Waals surface area contributed by atoms with Crippen molar-refractivity contribution in [1.29, 1.82) is 5.26 Å². The van der Waals surface area contributed by atoms with Crippen LogP contribution in [0.4, 0.5) is 18.9 Å². The Kier molecular flexibility index (Phi) is 7.06. The second-order valence-electron chi connectivity index (χ2n) is 7.21. The molecule has 7 nitrogen and oxygen atoms in total. The van der Waals surface area contributed by atoms with Crippen molar-refractivity contribution in [1.82, 2.24) is 4.31 Å². The van der Waals surface area contributed by atoms with Crippen molar-refractivity contribution in [2.24, 2.45) is 5.92 Å². The molecule has 2 aromatic rings. The Bertz CT molecular complexity index is 1110. The minimum absolute atomic E-state index is 0.143. The van der Waals surface area contributed by atoms with E-state index in [1.165, 1.54) is 34.6 Å². The van der Waals surface area contributed by atoms with Gasteiger partial charge in [0.15, 0.2) is 6.61 Å². The molecule has 0 saturated carbocycles. The van der Waals surface area contributed by atoms with Crippen LogP contribution < -0.4 is 10.1 Å². The molecule has 0 bridgehead atoms. The first-order valence-electron chi connectivity index (χ1n) is 9.70. The van der Waals surface area contributed by atoms with Crippen LogP contribution >= 0.6 is 0 Å². The number of halogens is 3. The average Bonchev–Trinajstić information content (AvgIpc) is 2.78. The highest BCUT2D eigenvalue weighted by atomic mass is 32.2. The topological polar surface area (TPSA) is 99.5 Å². The van der Waals surface area contributed by atoms with Crippen LogP contribution in [-0.2, 0) is 14.8 Å². The molecule has 1 heterocycles. The van der Waals surface area contributed by atoms with E-state index in [0.29, 0.717) is 12.8 Å². The van der Waals surface area contributed by atoms with Gasteiger partial charge in [-0.1, -0.05) is 18.2 Å². The first kappa shape index (κ1) is 23.6. The number of carbonyl (C=O) groups is 1. The fourth-order valence-electron chi connectivity index (χ4n) is 3.32. The second kappa shape index (κ2) is 9.58. The number of anilines is 1. The number of hydrogen-bond donors (Lipinski definition) is 1. The number of nitriles is 1. The van der Waals surface area contributed by atoms with Gasteiger partial charge in [-0.2, -0.15) is 22.7 Å². The van der Waals surface area contributed by atoms with Gasteiger partial charge in [0.2, 0.25) is 15.9 Å². The third kappa shape index (κ3) is 5.77. The monoisotopic (exact) mass is 467 g/mol. The molecule has 32 heavy (non-hydrogen) atoms. The second-order valence-corrected chi connectivity index (χ2v) is 9.15. The van der Waals surface area contributed by atoms with E-state index in [4.69, 9.17) is 5.26 Å². The Morgan fingerprint density at radius 2 is 1.81 bits per heavy atom. The lowest BCUT2D eigenvalue weighted by atomic mass is 9.97. The van der Waals surface area contributed by atoms with Gasteiger partial charge in [-0.3, -0.25) is 4.79 Å². The van der Waals surface area contributed by atoms with E-state index in [-0.39, 0.29) is 40.9 Å². The van der Waals surface area contributed by atoms with E-state index >= 15 is 0 Å². The van der Waals surface area contributed by atoms with Gasteiger partial charge in [0.1, 0.15) is 11.8 Å². The van der Waals surface area contributed by atoms with Gasteiger partial charge < -0.3 is 10.1 Å². The van der Waals surface area contributed by atoms with Crippen molar-refractivity contribution in [2.75, 3.05) is 25.0 Å². The number of ether oxygens (including phenoxy) is 1. The summed E-state index contributed by atoms with van der Waals surface area (Å²) in [5.74, 6) is -1.03. The highest BCUT2D eigenvalue weighted by molar-refractivity contribution is 7.89. The van der Waals surface area contributed by atoms with Crippen molar-refractivity contribution in [3.63, 3.8) is 0 Å². The first-order valence-corrected chi connectivity index (χ1v) is 11.1. The van der Waals surface area contributed by atoms with Crippen molar-refractivity contribution in [2.45, 2.75) is 23.9 Å². The maximum Gasteiger partial charge on any atom is 0.422 e. The number of carbonyl (C=O) groups excluding carboxylic acids is 1. The number of hydrogen-bond acceptors (Lipinski definition) is 5. The Balaban J connectivity index is 1.60. The van der Waals surface area contributed by atoms with Crippen LogP contribution in [0.25, 0.3) is 0 Å². The van der Waals surface area contributed by atoms with Gasteiger partial charge in [0, 0.05) is 24.7 Å². The molecule has 11 heteroatoms. The molecule has 2 aromatic carbocycles. The number of amides is 1. The van der Waals surface area contributed by atoms with Gasteiger partial charge in [0.05, 0.1) is 10.5 Å². The summed E-state index contributed by atoms with van der Waals surface area (Å²) in [5.41, 5.74) is 0.0982. The van der Waals surface area contributed by atoms with E-state index in [1.54, 1.807) is 24.3 Å². The third-order valence-electron chi connectivity index (χ3n) is 4.96. The summed E-state index contributed by atoms with van der Waals surface area (Å²) in [6.45, 7) is -1.16. The highest BCUT2D eigenvalue weighted by Gasteiger charge is 2.32. The van der Waals surface area contributed by atoms with Gasteiger partial charge in [0.25, 0.3) is 0 Å². The predicted molar refractivity (Wildman–Crippen MR) is 109 cm³/mol. The maximum absolute atomic E-state index is 12.7. The van der Waals surface area contributed by atoms with Crippen molar-refractivity contribution in [3.05, 3.63) is 54.1 Å². The van der Waals surface area contributed by atoms with Crippen LogP contribution in [0.3, 0.4) is 0 Å². The molecule has 0 radical (unpaired) electrons. The molecule has 1 N–H and O–H groups in total. The summed E-state index contributed by atoms with van der Waals surface area (Å²) in [6.07, 6.45) is -3.91. The molecule has 0 spiro atoms. The molecule has 0 atom stereocenters. The van der Waals surface area contributed by atoms with E-state index in [1.807, 2.05) is 0 Å². The molecule has 3 rings (SSSR count). The Morgan fingerprint density at radius 3 is 2.41 bits per heavy atom. The lowest BCUT2D eigenvalue weighted by molar-refractivity contribution is -0.153. The molecule has 0 unspecified atom stereocenters. The predicted octanol–water partition coefficient (Wildman–Crippen LogP) is 3.54. The minimum atomic E-state index is -4.54. The highest BCUT2D eigenvalue weighted by Crippen LogP contribution is 2.27. The number of piperidine rings is 1. The molecule has 170 valence electrons. The Morgan fingerprint density at radius 1 is 1.16 bits per heavy atom. The smallest absolute Gasteiger partial charge is 0.422 e. The Hall–Kier alpha value is -3.10. The third-order valence-corrected chi connectivity index (χ3v) is 6.88. The summed E-state index contributed by atoms with van der Waals surface area (Å²) < 4.78 is 68.3. The summed E-state index contributed by atoms with van der Waals surface area (Å²) in [6, 6.07) is 13.6. The lowest BCUT2D eigenvalue weighted by Crippen LogP contribution is -2.41. The lowest BCUT2D eigenvalue weighted by Gasteiger charge is -2.30. The van der Waals surface area contributed by atoms with E-state index in [9.17, 15) is 26.4 Å². The molecular formula is C21H20F3N3O4S. The zero-order chi connectivity index (χ0) is 23.4. The largest absolute Gasteiger partial charge is 0.483 e. The van der Waals surface area contributed by atoms with Gasteiger partial charge >= 0.3 is 6.18 Å². The van der Waals surface area contributed by atoms with Crippen molar-refractivity contribution < 1.29 is 31.1 Å². The van der Waals surface area contributed by atoms with Crippen molar-refractivity contribution >= 4 is 21.6 Å². The average molecular weight is 467 g/mol. The quantitative estimate of drug-likeness (QED) is 0.701. The van der Waals surface area contributed by atoms with Crippen LogP contribution in [0.2, 0.25) is 0 Å². The molecule has 1 aliphatic rings. The normalized spacial score (nSPS) is 15.7. The van der Waals surface area contributed by atoms with Gasteiger partial charge in [-0.05, 0) is 43.2 Å². The minimum Gasteiger partial charge on any atom is -0.483 e. The van der Waals surface area contributed by atoms with Crippen LogP contribution in [0.5, 0.6) is 5.75 Å².